The molecule has 0 saturated carbocycles. The Morgan fingerprint density at radius 1 is 0.714 bits per heavy atom. The Labute approximate surface area is 203 Å². The van der Waals surface area contributed by atoms with Gasteiger partial charge in [-0.15, -0.1) is 12.4 Å². The zero-order valence-electron chi connectivity index (χ0n) is 18.1. The van der Waals surface area contributed by atoms with Gasteiger partial charge in [0.1, 0.15) is 0 Å². The molecule has 0 unspecified atom stereocenters. The molecular formula is C16H37Ca2ClO2. The molecule has 0 saturated heterocycles. The van der Waals surface area contributed by atoms with E-state index >= 15 is 0 Å². The van der Waals surface area contributed by atoms with Crippen LogP contribution >= 0.6 is 12.4 Å². The van der Waals surface area contributed by atoms with E-state index in [0.717, 1.165) is 12.8 Å². The minimum Gasteiger partial charge on any atom is -1.00 e. The SMILES string of the molecule is CCCCCCCCCCCCCCCC(=O)O.Cl.[Ca+2].[Ca+2].[H-].[H-].[H-].[H-]. The van der Waals surface area contributed by atoms with Crippen molar-refractivity contribution in [3.05, 3.63) is 0 Å². The van der Waals surface area contributed by atoms with Crippen molar-refractivity contribution < 1.29 is 15.6 Å². The van der Waals surface area contributed by atoms with E-state index in [2.05, 4.69) is 6.92 Å². The van der Waals surface area contributed by atoms with E-state index in [1.54, 1.807) is 0 Å². The molecule has 0 radical (unpaired) electrons. The summed E-state index contributed by atoms with van der Waals surface area (Å²) in [6, 6.07) is 0. The molecule has 0 atom stereocenters. The molecule has 0 aromatic carbocycles. The van der Waals surface area contributed by atoms with Gasteiger partial charge in [-0.2, -0.15) is 0 Å². The molecule has 0 aromatic heterocycles. The van der Waals surface area contributed by atoms with Gasteiger partial charge in [0.05, 0.1) is 0 Å². The predicted molar refractivity (Wildman–Crippen MR) is 101 cm³/mol. The standard InChI is InChI=1S/C16H32O2.2Ca.ClH.4H/c1-2-3-4-5-6-7-8-9-10-11-12-13-14-15-16(17)18;;;;;;;/h2-15H2,1H3,(H,17,18);;;1H;;;;/q;2*+2;;4*-1. The second-order valence-corrected chi connectivity index (χ2v) is 5.39. The quantitative estimate of drug-likeness (QED) is 0.313. The Hall–Kier alpha value is 2.28. The maximum atomic E-state index is 10.3. The molecule has 0 heterocycles. The number of rotatable bonds is 14. The Balaban J connectivity index is -0.0000000688. The molecule has 5 heteroatoms. The molecule has 0 aliphatic heterocycles. The summed E-state index contributed by atoms with van der Waals surface area (Å²) in [4.78, 5) is 10.3. The maximum absolute atomic E-state index is 10.3. The number of halogens is 1. The summed E-state index contributed by atoms with van der Waals surface area (Å²) in [5.74, 6) is -0.655. The van der Waals surface area contributed by atoms with Crippen molar-refractivity contribution in [2.45, 2.75) is 96.8 Å². The molecule has 0 spiro atoms. The first kappa shape index (κ1) is 31.1. The van der Waals surface area contributed by atoms with Gasteiger partial charge in [0.2, 0.25) is 0 Å². The second-order valence-electron chi connectivity index (χ2n) is 5.39. The van der Waals surface area contributed by atoms with Crippen molar-refractivity contribution in [3.63, 3.8) is 0 Å². The Bertz CT molecular complexity index is 209. The Morgan fingerprint density at radius 3 is 1.29 bits per heavy atom. The fourth-order valence-corrected chi connectivity index (χ4v) is 2.29. The van der Waals surface area contributed by atoms with Crippen LogP contribution in [-0.2, 0) is 4.79 Å². The van der Waals surface area contributed by atoms with Gasteiger partial charge in [-0.1, -0.05) is 84.0 Å². The van der Waals surface area contributed by atoms with E-state index in [0.29, 0.717) is 6.42 Å². The third-order valence-corrected chi connectivity index (χ3v) is 3.49. The molecule has 2 nitrogen and oxygen atoms in total. The fraction of sp³-hybridized carbons (Fsp3) is 0.938. The molecule has 124 valence electrons. The van der Waals surface area contributed by atoms with Crippen LogP contribution in [0.4, 0.5) is 0 Å². The minimum absolute atomic E-state index is 0. The van der Waals surface area contributed by atoms with Crippen LogP contribution in [0.3, 0.4) is 0 Å². The average Bonchev–Trinajstić information content (AvgIpc) is 2.34. The van der Waals surface area contributed by atoms with Crippen LogP contribution in [0.1, 0.15) is 103 Å². The van der Waals surface area contributed by atoms with Crippen molar-refractivity contribution in [2.75, 3.05) is 0 Å². The third kappa shape index (κ3) is 30.7. The number of hydrogen-bond acceptors (Lipinski definition) is 1. The normalized spacial score (nSPS) is 9.19. The molecular weight excluding hydrogens is 340 g/mol. The van der Waals surface area contributed by atoms with Gasteiger partial charge in [0.15, 0.2) is 0 Å². The Kier molecular flexibility index (Phi) is 40.2. The zero-order valence-corrected chi connectivity index (χ0v) is 19.3. The predicted octanol–water partition coefficient (Wildman–Crippen LogP) is 5.66. The summed E-state index contributed by atoms with van der Waals surface area (Å²) >= 11 is 0. The zero-order chi connectivity index (χ0) is 13.5. The van der Waals surface area contributed by atoms with E-state index in [-0.39, 0.29) is 93.6 Å². The van der Waals surface area contributed by atoms with Crippen molar-refractivity contribution in [1.29, 1.82) is 0 Å². The summed E-state index contributed by atoms with van der Waals surface area (Å²) in [5, 5.41) is 8.49. The topological polar surface area (TPSA) is 37.3 Å². The number of hydrogen-bond donors (Lipinski definition) is 1. The summed E-state index contributed by atoms with van der Waals surface area (Å²) in [5.41, 5.74) is 0. The molecule has 0 amide bonds. The van der Waals surface area contributed by atoms with E-state index in [1.165, 1.54) is 70.6 Å². The molecule has 0 bridgehead atoms. The van der Waals surface area contributed by atoms with Crippen molar-refractivity contribution in [2.24, 2.45) is 0 Å². The summed E-state index contributed by atoms with van der Waals surface area (Å²) in [6.45, 7) is 2.26. The third-order valence-electron chi connectivity index (χ3n) is 3.49. The number of carboxylic acid groups (broad SMARTS) is 1. The van der Waals surface area contributed by atoms with E-state index in [9.17, 15) is 4.79 Å². The van der Waals surface area contributed by atoms with E-state index < -0.39 is 5.97 Å². The monoisotopic (exact) mass is 376 g/mol. The molecule has 0 aliphatic rings. The van der Waals surface area contributed by atoms with Gasteiger partial charge >= 0.3 is 81.4 Å². The number of aliphatic carboxylic acids is 1. The van der Waals surface area contributed by atoms with Crippen LogP contribution in [0.5, 0.6) is 0 Å². The van der Waals surface area contributed by atoms with Gasteiger partial charge in [-0.3, -0.25) is 4.79 Å². The van der Waals surface area contributed by atoms with Crippen molar-refractivity contribution in [3.8, 4) is 0 Å². The largest absolute Gasteiger partial charge is 2.00 e. The smallest absolute Gasteiger partial charge is 1.00 e. The van der Waals surface area contributed by atoms with Crippen LogP contribution in [0.2, 0.25) is 0 Å². The minimum atomic E-state index is -0.655. The molecule has 0 aliphatic carbocycles. The van der Waals surface area contributed by atoms with E-state index in [4.69, 9.17) is 5.11 Å². The number of carboxylic acids is 1. The first-order valence-electron chi connectivity index (χ1n) is 7.99. The van der Waals surface area contributed by atoms with Gasteiger partial charge < -0.3 is 10.8 Å². The van der Waals surface area contributed by atoms with Gasteiger partial charge in [0.25, 0.3) is 0 Å². The summed E-state index contributed by atoms with van der Waals surface area (Å²) in [6.07, 6.45) is 17.3. The fourth-order valence-electron chi connectivity index (χ4n) is 2.29. The average molecular weight is 377 g/mol. The van der Waals surface area contributed by atoms with Crippen molar-refractivity contribution >= 4 is 93.9 Å². The molecule has 0 aromatic rings. The van der Waals surface area contributed by atoms with Gasteiger partial charge in [-0.05, 0) is 6.42 Å². The first-order valence-corrected chi connectivity index (χ1v) is 7.99. The van der Waals surface area contributed by atoms with Crippen LogP contribution in [0.15, 0.2) is 0 Å². The maximum Gasteiger partial charge on any atom is 2.00 e. The molecule has 0 rings (SSSR count). The van der Waals surface area contributed by atoms with E-state index in [1.807, 2.05) is 0 Å². The van der Waals surface area contributed by atoms with Crippen LogP contribution < -0.4 is 0 Å². The number of carbonyl (C=O) groups is 1. The van der Waals surface area contributed by atoms with Gasteiger partial charge in [-0.25, -0.2) is 0 Å². The van der Waals surface area contributed by atoms with Crippen LogP contribution in [-0.4, -0.2) is 86.6 Å². The molecule has 1 N–H and O–H groups in total. The van der Waals surface area contributed by atoms with Crippen molar-refractivity contribution in [1.82, 2.24) is 0 Å². The van der Waals surface area contributed by atoms with Crippen LogP contribution in [0.25, 0.3) is 0 Å². The van der Waals surface area contributed by atoms with Crippen LogP contribution in [0, 0.1) is 0 Å². The van der Waals surface area contributed by atoms with Gasteiger partial charge in [0, 0.05) is 6.42 Å². The Morgan fingerprint density at radius 2 is 1.00 bits per heavy atom. The molecule has 21 heavy (non-hydrogen) atoms. The molecule has 0 fully saturated rings. The summed E-state index contributed by atoms with van der Waals surface area (Å²) < 4.78 is 0. The first-order chi connectivity index (χ1) is 8.77. The summed E-state index contributed by atoms with van der Waals surface area (Å²) in [7, 11) is 0. The second kappa shape index (κ2) is 27.1. The number of unbranched alkanes of at least 4 members (excludes halogenated alkanes) is 12.